The zero-order chi connectivity index (χ0) is 9.68. The molecule has 1 aromatic rings. The zero-order valence-corrected chi connectivity index (χ0v) is 8.67. The van der Waals surface area contributed by atoms with Crippen LogP contribution < -0.4 is 0 Å². The van der Waals surface area contributed by atoms with Gasteiger partial charge in [-0.1, -0.05) is 19.9 Å². The van der Waals surface area contributed by atoms with Crippen molar-refractivity contribution in [2.45, 2.75) is 33.6 Å². The lowest BCUT2D eigenvalue weighted by atomic mass is 10.1. The molecule has 0 radical (unpaired) electrons. The smallest absolute Gasteiger partial charge is 0.0658 e. The van der Waals surface area contributed by atoms with Crippen molar-refractivity contribution in [3.63, 3.8) is 0 Å². The SMILES string of the molecule is CC/C=C(\C)c1cc(CC)ccn1. The molecule has 0 aliphatic carbocycles. The highest BCUT2D eigenvalue weighted by molar-refractivity contribution is 5.60. The van der Waals surface area contributed by atoms with Crippen molar-refractivity contribution in [1.29, 1.82) is 0 Å². The van der Waals surface area contributed by atoms with Gasteiger partial charge >= 0.3 is 0 Å². The molecule has 1 rings (SSSR count). The first-order valence-electron chi connectivity index (χ1n) is 4.90. The molecule has 13 heavy (non-hydrogen) atoms. The first-order chi connectivity index (χ1) is 6.27. The summed E-state index contributed by atoms with van der Waals surface area (Å²) in [7, 11) is 0. The summed E-state index contributed by atoms with van der Waals surface area (Å²) in [5, 5.41) is 0. The molecule has 0 amide bonds. The Bertz CT molecular complexity index is 300. The summed E-state index contributed by atoms with van der Waals surface area (Å²) in [6, 6.07) is 4.24. The molecule has 0 saturated heterocycles. The molecule has 0 aromatic carbocycles. The van der Waals surface area contributed by atoms with Gasteiger partial charge in [-0.2, -0.15) is 0 Å². The van der Waals surface area contributed by atoms with E-state index in [1.807, 2.05) is 6.20 Å². The van der Waals surface area contributed by atoms with Crippen LogP contribution in [-0.2, 0) is 6.42 Å². The Morgan fingerprint density at radius 2 is 2.23 bits per heavy atom. The van der Waals surface area contributed by atoms with Crippen LogP contribution in [0.3, 0.4) is 0 Å². The summed E-state index contributed by atoms with van der Waals surface area (Å²) < 4.78 is 0. The van der Waals surface area contributed by atoms with Gasteiger partial charge in [-0.05, 0) is 43.0 Å². The lowest BCUT2D eigenvalue weighted by molar-refractivity contribution is 1.10. The molecule has 0 aliphatic rings. The Kier molecular flexibility index (Phi) is 3.69. The van der Waals surface area contributed by atoms with Gasteiger partial charge in [0.15, 0.2) is 0 Å². The molecular formula is C12H17N. The van der Waals surface area contributed by atoms with Gasteiger partial charge in [-0.3, -0.25) is 4.98 Å². The van der Waals surface area contributed by atoms with Crippen LogP contribution in [0.1, 0.15) is 38.4 Å². The quantitative estimate of drug-likeness (QED) is 0.685. The van der Waals surface area contributed by atoms with Crippen LogP contribution >= 0.6 is 0 Å². The minimum Gasteiger partial charge on any atom is -0.257 e. The van der Waals surface area contributed by atoms with Crippen LogP contribution in [0.25, 0.3) is 5.57 Å². The summed E-state index contributed by atoms with van der Waals surface area (Å²) in [4.78, 5) is 4.34. The van der Waals surface area contributed by atoms with E-state index in [1.165, 1.54) is 11.1 Å². The highest BCUT2D eigenvalue weighted by Gasteiger charge is 1.97. The summed E-state index contributed by atoms with van der Waals surface area (Å²) in [5.41, 5.74) is 3.74. The van der Waals surface area contributed by atoms with Gasteiger partial charge in [-0.15, -0.1) is 0 Å². The number of nitrogens with zero attached hydrogens (tertiary/aromatic N) is 1. The van der Waals surface area contributed by atoms with Gasteiger partial charge in [0, 0.05) is 6.20 Å². The molecule has 0 bridgehead atoms. The Labute approximate surface area is 80.5 Å². The molecule has 0 N–H and O–H groups in total. The van der Waals surface area contributed by atoms with Crippen molar-refractivity contribution in [2.75, 3.05) is 0 Å². The molecule has 0 saturated carbocycles. The van der Waals surface area contributed by atoms with E-state index in [-0.39, 0.29) is 0 Å². The number of aromatic nitrogens is 1. The van der Waals surface area contributed by atoms with E-state index in [1.54, 1.807) is 0 Å². The standard InChI is InChI=1S/C12H17N/c1-4-6-10(3)12-9-11(5-2)7-8-13-12/h6-9H,4-5H2,1-3H3/b10-6+. The Balaban J connectivity index is 2.94. The second-order valence-electron chi connectivity index (χ2n) is 3.20. The van der Waals surface area contributed by atoms with Crippen LogP contribution in [0.15, 0.2) is 24.4 Å². The number of allylic oxidation sites excluding steroid dienone is 2. The van der Waals surface area contributed by atoms with Crippen molar-refractivity contribution in [3.8, 4) is 0 Å². The predicted octanol–water partition coefficient (Wildman–Crippen LogP) is 3.46. The van der Waals surface area contributed by atoms with E-state index in [0.717, 1.165) is 18.5 Å². The molecule has 0 atom stereocenters. The molecule has 1 aromatic heterocycles. The fraction of sp³-hybridized carbons (Fsp3) is 0.417. The third kappa shape index (κ3) is 2.69. The zero-order valence-electron chi connectivity index (χ0n) is 8.67. The van der Waals surface area contributed by atoms with E-state index in [9.17, 15) is 0 Å². The normalized spacial score (nSPS) is 11.8. The molecule has 0 unspecified atom stereocenters. The third-order valence-electron chi connectivity index (χ3n) is 2.15. The number of pyridine rings is 1. The lowest BCUT2D eigenvalue weighted by Gasteiger charge is -2.02. The third-order valence-corrected chi connectivity index (χ3v) is 2.15. The van der Waals surface area contributed by atoms with Gasteiger partial charge < -0.3 is 0 Å². The van der Waals surface area contributed by atoms with Gasteiger partial charge in [-0.25, -0.2) is 0 Å². The summed E-state index contributed by atoms with van der Waals surface area (Å²) in [5.74, 6) is 0. The maximum atomic E-state index is 4.34. The van der Waals surface area contributed by atoms with Gasteiger partial charge in [0.2, 0.25) is 0 Å². The van der Waals surface area contributed by atoms with Crippen molar-refractivity contribution in [1.82, 2.24) is 4.98 Å². The van der Waals surface area contributed by atoms with E-state index in [2.05, 4.69) is 44.0 Å². The topological polar surface area (TPSA) is 12.9 Å². The van der Waals surface area contributed by atoms with Crippen LogP contribution in [0.2, 0.25) is 0 Å². The van der Waals surface area contributed by atoms with E-state index >= 15 is 0 Å². The fourth-order valence-corrected chi connectivity index (χ4v) is 1.32. The molecule has 0 spiro atoms. The van der Waals surface area contributed by atoms with Crippen LogP contribution in [0.5, 0.6) is 0 Å². The summed E-state index contributed by atoms with van der Waals surface area (Å²) in [6.45, 7) is 6.43. The lowest BCUT2D eigenvalue weighted by Crippen LogP contribution is -1.88. The predicted molar refractivity (Wildman–Crippen MR) is 57.6 cm³/mol. The van der Waals surface area contributed by atoms with Crippen molar-refractivity contribution in [2.24, 2.45) is 0 Å². The minimum atomic E-state index is 1.07. The van der Waals surface area contributed by atoms with Gasteiger partial charge in [0.25, 0.3) is 0 Å². The highest BCUT2D eigenvalue weighted by atomic mass is 14.7. The molecule has 0 fully saturated rings. The van der Waals surface area contributed by atoms with Crippen LogP contribution in [0.4, 0.5) is 0 Å². The first-order valence-corrected chi connectivity index (χ1v) is 4.90. The Hall–Kier alpha value is -1.11. The van der Waals surface area contributed by atoms with Crippen molar-refractivity contribution >= 4 is 5.57 Å². The van der Waals surface area contributed by atoms with Gasteiger partial charge in [0.05, 0.1) is 5.69 Å². The number of hydrogen-bond donors (Lipinski definition) is 0. The molecule has 1 heteroatoms. The van der Waals surface area contributed by atoms with E-state index in [0.29, 0.717) is 0 Å². The second-order valence-corrected chi connectivity index (χ2v) is 3.20. The Morgan fingerprint density at radius 1 is 1.46 bits per heavy atom. The number of rotatable bonds is 3. The van der Waals surface area contributed by atoms with Gasteiger partial charge in [0.1, 0.15) is 0 Å². The van der Waals surface area contributed by atoms with Crippen LogP contribution in [-0.4, -0.2) is 4.98 Å². The van der Waals surface area contributed by atoms with Crippen molar-refractivity contribution < 1.29 is 0 Å². The number of hydrogen-bond acceptors (Lipinski definition) is 1. The monoisotopic (exact) mass is 175 g/mol. The largest absolute Gasteiger partial charge is 0.257 e. The molecule has 70 valence electrons. The highest BCUT2D eigenvalue weighted by Crippen LogP contribution is 2.13. The average Bonchev–Trinajstić information content (AvgIpc) is 2.18. The Morgan fingerprint density at radius 3 is 2.85 bits per heavy atom. The first kappa shape index (κ1) is 9.97. The van der Waals surface area contributed by atoms with E-state index in [4.69, 9.17) is 0 Å². The van der Waals surface area contributed by atoms with E-state index < -0.39 is 0 Å². The minimum absolute atomic E-state index is 1.07. The number of aryl methyl sites for hydroxylation is 1. The van der Waals surface area contributed by atoms with Crippen LogP contribution in [0, 0.1) is 0 Å². The summed E-state index contributed by atoms with van der Waals surface area (Å²) >= 11 is 0. The maximum Gasteiger partial charge on any atom is 0.0658 e. The second kappa shape index (κ2) is 4.80. The average molecular weight is 175 g/mol. The molecule has 1 heterocycles. The maximum absolute atomic E-state index is 4.34. The molecule has 0 aliphatic heterocycles. The summed E-state index contributed by atoms with van der Waals surface area (Å²) in [6.07, 6.45) is 6.25. The van der Waals surface area contributed by atoms with Crippen molar-refractivity contribution in [3.05, 3.63) is 35.7 Å². The molecule has 1 nitrogen and oxygen atoms in total. The fourth-order valence-electron chi connectivity index (χ4n) is 1.32. The molecular weight excluding hydrogens is 158 g/mol.